The highest BCUT2D eigenvalue weighted by Crippen LogP contribution is 2.20. The first kappa shape index (κ1) is 17.0. The molecule has 0 saturated heterocycles. The lowest BCUT2D eigenvalue weighted by molar-refractivity contribution is 0.0692. The summed E-state index contributed by atoms with van der Waals surface area (Å²) in [4.78, 5) is 11.0. The molecule has 1 rings (SSSR count). The molecule has 0 fully saturated rings. The Hall–Kier alpha value is -2.10. The SMILES string of the molecule is CC(C)=CCCC(C)=CCOc1ccc(F)cc1C(=O)O. The summed E-state index contributed by atoms with van der Waals surface area (Å²) in [5.74, 6) is -1.61. The molecule has 3 nitrogen and oxygen atoms in total. The zero-order valence-electron chi connectivity index (χ0n) is 12.6. The maximum atomic E-state index is 13.0. The Bertz CT molecular complexity index is 555. The number of hydrogen-bond acceptors (Lipinski definition) is 2. The topological polar surface area (TPSA) is 46.5 Å². The number of allylic oxidation sites excluding steroid dienone is 3. The highest BCUT2D eigenvalue weighted by Gasteiger charge is 2.12. The van der Waals surface area contributed by atoms with Crippen LogP contribution in [0.5, 0.6) is 5.75 Å². The maximum Gasteiger partial charge on any atom is 0.339 e. The Labute approximate surface area is 124 Å². The molecule has 0 bridgehead atoms. The molecule has 114 valence electrons. The summed E-state index contributed by atoms with van der Waals surface area (Å²) in [6, 6.07) is 3.49. The van der Waals surface area contributed by atoms with Crippen molar-refractivity contribution in [3.63, 3.8) is 0 Å². The van der Waals surface area contributed by atoms with Gasteiger partial charge >= 0.3 is 5.97 Å². The number of rotatable bonds is 7. The number of carboxylic acid groups (broad SMARTS) is 1. The van der Waals surface area contributed by atoms with Gasteiger partial charge in [0.25, 0.3) is 0 Å². The van der Waals surface area contributed by atoms with E-state index in [4.69, 9.17) is 9.84 Å². The Balaban J connectivity index is 2.59. The second kappa shape index (κ2) is 8.25. The molecule has 0 aliphatic heterocycles. The Morgan fingerprint density at radius 1 is 1.29 bits per heavy atom. The lowest BCUT2D eigenvalue weighted by Gasteiger charge is -2.08. The predicted molar refractivity (Wildman–Crippen MR) is 81.3 cm³/mol. The summed E-state index contributed by atoms with van der Waals surface area (Å²) in [6.45, 7) is 6.39. The number of halogens is 1. The van der Waals surface area contributed by atoms with Crippen LogP contribution in [0.1, 0.15) is 44.0 Å². The first-order chi connectivity index (χ1) is 9.90. The zero-order chi connectivity index (χ0) is 15.8. The molecular weight excluding hydrogens is 271 g/mol. The highest BCUT2D eigenvalue weighted by atomic mass is 19.1. The average molecular weight is 292 g/mol. The molecule has 0 amide bonds. The minimum Gasteiger partial charge on any atom is -0.489 e. The van der Waals surface area contributed by atoms with Crippen LogP contribution in [0.15, 0.2) is 41.5 Å². The van der Waals surface area contributed by atoms with Gasteiger partial charge in [-0.2, -0.15) is 0 Å². The van der Waals surface area contributed by atoms with Crippen LogP contribution in [-0.4, -0.2) is 17.7 Å². The summed E-state index contributed by atoms with van der Waals surface area (Å²) in [5, 5.41) is 9.00. The Morgan fingerprint density at radius 3 is 2.62 bits per heavy atom. The molecule has 0 unspecified atom stereocenters. The van der Waals surface area contributed by atoms with Crippen LogP contribution in [0.25, 0.3) is 0 Å². The van der Waals surface area contributed by atoms with Crippen LogP contribution < -0.4 is 4.74 Å². The van der Waals surface area contributed by atoms with Gasteiger partial charge < -0.3 is 9.84 Å². The minimum absolute atomic E-state index is 0.161. The Morgan fingerprint density at radius 2 is 2.00 bits per heavy atom. The molecule has 0 aromatic heterocycles. The van der Waals surface area contributed by atoms with Crippen molar-refractivity contribution in [3.05, 3.63) is 52.9 Å². The van der Waals surface area contributed by atoms with E-state index in [1.54, 1.807) is 0 Å². The monoisotopic (exact) mass is 292 g/mol. The third-order valence-corrected chi connectivity index (χ3v) is 2.93. The maximum absolute atomic E-state index is 13.0. The van der Waals surface area contributed by atoms with E-state index in [0.29, 0.717) is 0 Å². The minimum atomic E-state index is -1.20. The third kappa shape index (κ3) is 6.25. The van der Waals surface area contributed by atoms with Gasteiger partial charge in [0.1, 0.15) is 23.7 Å². The van der Waals surface area contributed by atoms with Gasteiger partial charge in [0.05, 0.1) is 0 Å². The first-order valence-corrected chi connectivity index (χ1v) is 6.84. The molecule has 0 heterocycles. The van der Waals surface area contributed by atoms with Gasteiger partial charge in [-0.05, 0) is 57.9 Å². The van der Waals surface area contributed by atoms with Crippen molar-refractivity contribution in [1.82, 2.24) is 0 Å². The van der Waals surface area contributed by atoms with Gasteiger partial charge in [0.15, 0.2) is 0 Å². The van der Waals surface area contributed by atoms with E-state index in [0.717, 1.165) is 18.9 Å². The fourth-order valence-corrected chi connectivity index (χ4v) is 1.76. The van der Waals surface area contributed by atoms with Gasteiger partial charge in [-0.25, -0.2) is 9.18 Å². The molecule has 1 aromatic carbocycles. The quantitative estimate of drug-likeness (QED) is 0.747. The molecule has 1 N–H and O–H groups in total. The molecule has 1 aromatic rings. The largest absolute Gasteiger partial charge is 0.489 e. The van der Waals surface area contributed by atoms with Crippen molar-refractivity contribution in [2.75, 3.05) is 6.61 Å². The number of benzene rings is 1. The fraction of sp³-hybridized carbons (Fsp3) is 0.353. The van der Waals surface area contributed by atoms with Gasteiger partial charge in [0.2, 0.25) is 0 Å². The second-order valence-corrected chi connectivity index (χ2v) is 5.13. The highest BCUT2D eigenvalue weighted by molar-refractivity contribution is 5.90. The molecule has 0 saturated carbocycles. The van der Waals surface area contributed by atoms with E-state index < -0.39 is 11.8 Å². The van der Waals surface area contributed by atoms with Crippen molar-refractivity contribution >= 4 is 5.97 Å². The number of hydrogen-bond donors (Lipinski definition) is 1. The first-order valence-electron chi connectivity index (χ1n) is 6.84. The van der Waals surface area contributed by atoms with Gasteiger partial charge in [-0.1, -0.05) is 17.2 Å². The average Bonchev–Trinajstić information content (AvgIpc) is 2.39. The van der Waals surface area contributed by atoms with Crippen molar-refractivity contribution in [2.45, 2.75) is 33.6 Å². The number of carboxylic acids is 1. The molecule has 0 aliphatic carbocycles. The fourth-order valence-electron chi connectivity index (χ4n) is 1.76. The van der Waals surface area contributed by atoms with Crippen LogP contribution in [0.4, 0.5) is 4.39 Å². The van der Waals surface area contributed by atoms with E-state index in [-0.39, 0.29) is 17.9 Å². The van der Waals surface area contributed by atoms with Gasteiger partial charge in [0, 0.05) is 0 Å². The molecule has 21 heavy (non-hydrogen) atoms. The summed E-state index contributed by atoms with van der Waals surface area (Å²) < 4.78 is 18.4. The molecule has 0 spiro atoms. The van der Waals surface area contributed by atoms with E-state index in [1.165, 1.54) is 23.3 Å². The van der Waals surface area contributed by atoms with Crippen LogP contribution in [-0.2, 0) is 0 Å². The number of carbonyl (C=O) groups is 1. The predicted octanol–water partition coefficient (Wildman–Crippen LogP) is 4.60. The lowest BCUT2D eigenvalue weighted by Crippen LogP contribution is -2.04. The van der Waals surface area contributed by atoms with E-state index >= 15 is 0 Å². The van der Waals surface area contributed by atoms with Crippen molar-refractivity contribution in [3.8, 4) is 5.75 Å². The standard InChI is InChI=1S/C17H21FO3/c1-12(2)5-4-6-13(3)9-10-21-16-8-7-14(18)11-15(16)17(19)20/h5,7-9,11H,4,6,10H2,1-3H3,(H,19,20). The van der Waals surface area contributed by atoms with Gasteiger partial charge in [-0.15, -0.1) is 0 Å². The van der Waals surface area contributed by atoms with Gasteiger partial charge in [-0.3, -0.25) is 0 Å². The van der Waals surface area contributed by atoms with Crippen LogP contribution in [0.2, 0.25) is 0 Å². The number of ether oxygens (including phenoxy) is 1. The molecule has 4 heteroatoms. The van der Waals surface area contributed by atoms with Crippen molar-refractivity contribution < 1.29 is 19.0 Å². The normalized spacial score (nSPS) is 11.1. The van der Waals surface area contributed by atoms with E-state index in [1.807, 2.05) is 13.0 Å². The Kier molecular flexibility index (Phi) is 6.66. The molecule has 0 atom stereocenters. The number of aromatic carboxylic acids is 1. The summed E-state index contributed by atoms with van der Waals surface area (Å²) in [7, 11) is 0. The van der Waals surface area contributed by atoms with Crippen LogP contribution in [0.3, 0.4) is 0 Å². The smallest absolute Gasteiger partial charge is 0.339 e. The second-order valence-electron chi connectivity index (χ2n) is 5.13. The molecular formula is C17H21FO3. The molecule has 0 aliphatic rings. The van der Waals surface area contributed by atoms with E-state index in [2.05, 4.69) is 19.9 Å². The van der Waals surface area contributed by atoms with Crippen molar-refractivity contribution in [2.24, 2.45) is 0 Å². The van der Waals surface area contributed by atoms with Crippen molar-refractivity contribution in [1.29, 1.82) is 0 Å². The summed E-state index contributed by atoms with van der Waals surface area (Å²) >= 11 is 0. The lowest BCUT2D eigenvalue weighted by atomic mass is 10.1. The van der Waals surface area contributed by atoms with Crippen LogP contribution >= 0.6 is 0 Å². The van der Waals surface area contributed by atoms with Crippen LogP contribution in [0, 0.1) is 5.82 Å². The molecule has 0 radical (unpaired) electrons. The zero-order valence-corrected chi connectivity index (χ0v) is 12.6. The summed E-state index contributed by atoms with van der Waals surface area (Å²) in [6.07, 6.45) is 5.99. The summed E-state index contributed by atoms with van der Waals surface area (Å²) in [5.41, 5.74) is 2.30. The third-order valence-electron chi connectivity index (χ3n) is 2.93. The van der Waals surface area contributed by atoms with E-state index in [9.17, 15) is 9.18 Å².